The fourth-order valence-electron chi connectivity index (χ4n) is 2.77. The zero-order valence-electron chi connectivity index (χ0n) is 16.1. The van der Waals surface area contributed by atoms with E-state index < -0.39 is 10.0 Å². The number of nitrogens with one attached hydrogen (secondary N) is 1. The summed E-state index contributed by atoms with van der Waals surface area (Å²) < 4.78 is 39.1. The quantitative estimate of drug-likeness (QED) is 0.475. The number of ether oxygens (including phenoxy) is 1. The lowest BCUT2D eigenvalue weighted by molar-refractivity contribution is 0.287. The van der Waals surface area contributed by atoms with Crippen LogP contribution in [0.4, 0.5) is 5.69 Å². The predicted molar refractivity (Wildman–Crippen MR) is 112 cm³/mol. The molecule has 3 aromatic carbocycles. The first-order valence-electron chi connectivity index (χ1n) is 9.20. The lowest BCUT2D eigenvalue weighted by Crippen LogP contribution is -2.13. The van der Waals surface area contributed by atoms with Crippen molar-refractivity contribution in [3.05, 3.63) is 90.3 Å². The second-order valence-electron chi connectivity index (χ2n) is 6.58. The van der Waals surface area contributed by atoms with Crippen LogP contribution in [0.5, 0.6) is 5.75 Å². The van der Waals surface area contributed by atoms with Gasteiger partial charge in [0.1, 0.15) is 5.75 Å². The van der Waals surface area contributed by atoms with Crippen LogP contribution in [0.25, 0.3) is 11.5 Å². The summed E-state index contributed by atoms with van der Waals surface area (Å²) in [5.41, 5.74) is 1.80. The van der Waals surface area contributed by atoms with Crippen LogP contribution in [0.2, 0.25) is 0 Å². The van der Waals surface area contributed by atoms with Gasteiger partial charge in [0.2, 0.25) is 5.82 Å². The second kappa shape index (κ2) is 8.38. The molecule has 0 radical (unpaired) electrons. The molecule has 0 saturated carbocycles. The van der Waals surface area contributed by atoms with E-state index in [9.17, 15) is 8.42 Å². The number of nitrogens with zero attached hydrogens (tertiary/aromatic N) is 2. The maximum Gasteiger partial charge on any atom is 0.261 e. The van der Waals surface area contributed by atoms with Gasteiger partial charge in [-0.3, -0.25) is 4.72 Å². The number of aromatic nitrogens is 2. The summed E-state index contributed by atoms with van der Waals surface area (Å²) in [5, 5.41) is 3.92. The van der Waals surface area contributed by atoms with Crippen LogP contribution in [0.15, 0.2) is 88.3 Å². The third-order valence-electron chi connectivity index (χ3n) is 4.31. The third kappa shape index (κ3) is 4.49. The molecule has 7 nitrogen and oxygen atoms in total. The van der Waals surface area contributed by atoms with E-state index in [0.29, 0.717) is 22.8 Å². The van der Waals surface area contributed by atoms with Gasteiger partial charge in [-0.2, -0.15) is 4.98 Å². The van der Waals surface area contributed by atoms with Crippen LogP contribution in [-0.2, 0) is 16.6 Å². The Bertz CT molecular complexity index is 1240. The topological polar surface area (TPSA) is 94.3 Å². The van der Waals surface area contributed by atoms with Gasteiger partial charge in [-0.15, -0.1) is 0 Å². The first-order chi connectivity index (χ1) is 14.5. The maximum absolute atomic E-state index is 12.8. The second-order valence-corrected chi connectivity index (χ2v) is 8.26. The number of rotatable bonds is 7. The van der Waals surface area contributed by atoms with Crippen LogP contribution in [0.3, 0.4) is 0 Å². The fraction of sp³-hybridized carbons (Fsp3) is 0.0909. The molecule has 4 aromatic rings. The van der Waals surface area contributed by atoms with Crippen LogP contribution in [0, 0.1) is 6.92 Å². The zero-order chi connectivity index (χ0) is 21.0. The number of para-hydroxylation sites is 2. The highest BCUT2D eigenvalue weighted by Crippen LogP contribution is 2.28. The molecule has 1 aromatic heterocycles. The SMILES string of the molecule is Cc1ccc(S(=O)(=O)Nc2ccccc2-c2nc(COc3ccccc3)no2)cc1. The molecule has 0 fully saturated rings. The average Bonchev–Trinajstić information content (AvgIpc) is 3.22. The molecule has 8 heteroatoms. The standard InChI is InChI=1S/C22H19N3O4S/c1-16-11-13-18(14-12-16)30(26,27)25-20-10-6-5-9-19(20)22-23-21(24-29-22)15-28-17-7-3-2-4-8-17/h2-14,25H,15H2,1H3. The fourth-order valence-corrected chi connectivity index (χ4v) is 3.85. The molecule has 1 heterocycles. The molecule has 0 amide bonds. The van der Waals surface area contributed by atoms with Gasteiger partial charge in [0.15, 0.2) is 6.61 Å². The highest BCUT2D eigenvalue weighted by atomic mass is 32.2. The number of sulfonamides is 1. The minimum Gasteiger partial charge on any atom is -0.485 e. The molecule has 30 heavy (non-hydrogen) atoms. The molecule has 0 aliphatic heterocycles. The van der Waals surface area contributed by atoms with Crippen LogP contribution >= 0.6 is 0 Å². The van der Waals surface area contributed by atoms with Crippen molar-refractivity contribution in [3.8, 4) is 17.2 Å². The molecular weight excluding hydrogens is 402 g/mol. The molecule has 0 aliphatic rings. The Kier molecular flexibility index (Phi) is 5.49. The van der Waals surface area contributed by atoms with E-state index in [2.05, 4.69) is 14.9 Å². The molecule has 0 atom stereocenters. The van der Waals surface area contributed by atoms with E-state index in [0.717, 1.165) is 5.56 Å². The molecule has 4 rings (SSSR count). The summed E-state index contributed by atoms with van der Waals surface area (Å²) >= 11 is 0. The van der Waals surface area contributed by atoms with E-state index in [1.54, 1.807) is 48.5 Å². The van der Waals surface area contributed by atoms with E-state index in [-0.39, 0.29) is 17.4 Å². The molecular formula is C22H19N3O4S. The van der Waals surface area contributed by atoms with Crippen LogP contribution in [-0.4, -0.2) is 18.6 Å². The van der Waals surface area contributed by atoms with Crippen molar-refractivity contribution in [3.63, 3.8) is 0 Å². The van der Waals surface area contributed by atoms with E-state index in [1.165, 1.54) is 0 Å². The summed E-state index contributed by atoms with van der Waals surface area (Å²) in [6.07, 6.45) is 0. The summed E-state index contributed by atoms with van der Waals surface area (Å²) in [5.74, 6) is 1.24. The first-order valence-corrected chi connectivity index (χ1v) is 10.7. The van der Waals surface area contributed by atoms with Gasteiger partial charge in [-0.25, -0.2) is 8.42 Å². The normalized spacial score (nSPS) is 11.2. The highest BCUT2D eigenvalue weighted by Gasteiger charge is 2.19. The Balaban J connectivity index is 1.55. The third-order valence-corrected chi connectivity index (χ3v) is 5.69. The zero-order valence-corrected chi connectivity index (χ0v) is 17.0. The van der Waals surface area contributed by atoms with Gasteiger partial charge in [-0.05, 0) is 43.3 Å². The molecule has 152 valence electrons. The first kappa shape index (κ1) is 19.7. The monoisotopic (exact) mass is 421 g/mol. The van der Waals surface area contributed by atoms with Crippen molar-refractivity contribution in [2.45, 2.75) is 18.4 Å². The molecule has 0 spiro atoms. The molecule has 0 unspecified atom stereocenters. The number of aryl methyl sites for hydroxylation is 1. The van der Waals surface area contributed by atoms with Crippen LogP contribution in [0.1, 0.15) is 11.4 Å². The lowest BCUT2D eigenvalue weighted by Gasteiger charge is -2.10. The van der Waals surface area contributed by atoms with Crippen LogP contribution < -0.4 is 9.46 Å². The Morgan fingerprint density at radius 3 is 2.40 bits per heavy atom. The predicted octanol–water partition coefficient (Wildman–Crippen LogP) is 4.42. The Morgan fingerprint density at radius 2 is 1.63 bits per heavy atom. The Morgan fingerprint density at radius 1 is 0.933 bits per heavy atom. The Labute approximate surface area is 174 Å². The van der Waals surface area contributed by atoms with E-state index in [1.807, 2.05) is 37.3 Å². The lowest BCUT2D eigenvalue weighted by atomic mass is 10.2. The summed E-state index contributed by atoms with van der Waals surface area (Å²) in [6.45, 7) is 2.03. The van der Waals surface area contributed by atoms with Gasteiger partial charge in [0, 0.05) is 0 Å². The number of hydrogen-bond donors (Lipinski definition) is 1. The summed E-state index contributed by atoms with van der Waals surface area (Å²) in [4.78, 5) is 4.50. The van der Waals surface area contributed by atoms with E-state index in [4.69, 9.17) is 9.26 Å². The molecule has 0 aliphatic carbocycles. The molecule has 0 bridgehead atoms. The van der Waals surface area contributed by atoms with Gasteiger partial charge >= 0.3 is 0 Å². The summed E-state index contributed by atoms with van der Waals surface area (Å²) in [7, 11) is -3.76. The smallest absolute Gasteiger partial charge is 0.261 e. The minimum atomic E-state index is -3.76. The van der Waals surface area contributed by atoms with Crippen molar-refractivity contribution in [1.82, 2.24) is 10.1 Å². The van der Waals surface area contributed by atoms with E-state index >= 15 is 0 Å². The van der Waals surface area contributed by atoms with Gasteiger partial charge in [0.05, 0.1) is 16.1 Å². The number of benzene rings is 3. The number of anilines is 1. The van der Waals surface area contributed by atoms with Crippen molar-refractivity contribution in [2.24, 2.45) is 0 Å². The van der Waals surface area contributed by atoms with Crippen molar-refractivity contribution < 1.29 is 17.7 Å². The van der Waals surface area contributed by atoms with Crippen molar-refractivity contribution in [2.75, 3.05) is 4.72 Å². The average molecular weight is 421 g/mol. The summed E-state index contributed by atoms with van der Waals surface area (Å²) in [6, 6.07) is 22.8. The van der Waals surface area contributed by atoms with Crippen molar-refractivity contribution >= 4 is 15.7 Å². The van der Waals surface area contributed by atoms with Crippen molar-refractivity contribution in [1.29, 1.82) is 0 Å². The van der Waals surface area contributed by atoms with Gasteiger partial charge in [-0.1, -0.05) is 53.2 Å². The maximum atomic E-state index is 12.8. The number of hydrogen-bond acceptors (Lipinski definition) is 6. The van der Waals surface area contributed by atoms with Gasteiger partial charge < -0.3 is 9.26 Å². The highest BCUT2D eigenvalue weighted by molar-refractivity contribution is 7.92. The largest absolute Gasteiger partial charge is 0.485 e. The molecule has 0 saturated heterocycles. The Hall–Kier alpha value is -3.65. The molecule has 1 N–H and O–H groups in total. The van der Waals surface area contributed by atoms with Gasteiger partial charge in [0.25, 0.3) is 15.9 Å². The minimum absolute atomic E-state index is 0.130.